The lowest BCUT2D eigenvalue weighted by Crippen LogP contribution is -2.08. The topological polar surface area (TPSA) is 34.1 Å². The number of hydrogen-bond acceptors (Lipinski definition) is 2. The number of sulfone groups is 1. The molecule has 0 spiro atoms. The minimum atomic E-state index is -2.82. The van der Waals surface area contributed by atoms with Crippen LogP contribution in [-0.2, 0) is 9.84 Å². The van der Waals surface area contributed by atoms with Gasteiger partial charge in [-0.3, -0.25) is 0 Å². The van der Waals surface area contributed by atoms with E-state index in [1.165, 1.54) is 0 Å². The molecule has 0 atom stereocenters. The quantitative estimate of drug-likeness (QED) is 0.559. The third kappa shape index (κ3) is 4.21. The van der Waals surface area contributed by atoms with E-state index in [0.29, 0.717) is 5.57 Å². The Hall–Kier alpha value is -0.310. The van der Waals surface area contributed by atoms with Crippen molar-refractivity contribution in [1.29, 1.82) is 0 Å². The lowest BCUT2D eigenvalue weighted by Gasteiger charge is -1.97. The zero-order valence-corrected chi connectivity index (χ0v) is 6.66. The molecule has 0 radical (unpaired) electrons. The highest BCUT2D eigenvalue weighted by Gasteiger charge is 2.05. The van der Waals surface area contributed by atoms with E-state index >= 15 is 0 Å². The maximum atomic E-state index is 10.7. The second-order valence-corrected chi connectivity index (χ2v) is 4.49. The molecule has 0 N–H and O–H groups in total. The monoisotopic (exact) mass is 148 g/mol. The molecule has 0 aromatic heterocycles. The van der Waals surface area contributed by atoms with Crippen LogP contribution < -0.4 is 0 Å². The van der Waals surface area contributed by atoms with Gasteiger partial charge < -0.3 is 0 Å². The average molecular weight is 148 g/mol. The molecule has 0 rings (SSSR count). The summed E-state index contributed by atoms with van der Waals surface area (Å²) >= 11 is 0. The molecule has 9 heavy (non-hydrogen) atoms. The molecule has 0 aliphatic heterocycles. The van der Waals surface area contributed by atoms with Gasteiger partial charge in [0.15, 0.2) is 9.84 Å². The largest absolute Gasteiger partial charge is 0.229 e. The molecular weight excluding hydrogens is 136 g/mol. The second-order valence-electron chi connectivity index (χ2n) is 2.13. The van der Waals surface area contributed by atoms with Crippen LogP contribution in [0.5, 0.6) is 0 Å². The standard InChI is InChI=1S/C6H12O2S/c1-4-9(7,8)5-6(2)3/h2,4-5H2,1,3H3. The summed E-state index contributed by atoms with van der Waals surface area (Å²) in [7, 11) is -2.82. The second kappa shape index (κ2) is 3.01. The zero-order chi connectivity index (χ0) is 7.49. The van der Waals surface area contributed by atoms with Crippen molar-refractivity contribution in [2.45, 2.75) is 13.8 Å². The number of rotatable bonds is 3. The smallest absolute Gasteiger partial charge is 0.153 e. The Bertz CT molecular complexity index is 189. The molecule has 0 fully saturated rings. The van der Waals surface area contributed by atoms with Crippen LogP contribution in [0, 0.1) is 0 Å². The molecular formula is C6H12O2S. The lowest BCUT2D eigenvalue weighted by molar-refractivity contribution is 0.599. The van der Waals surface area contributed by atoms with Gasteiger partial charge >= 0.3 is 0 Å². The zero-order valence-electron chi connectivity index (χ0n) is 5.85. The van der Waals surface area contributed by atoms with Gasteiger partial charge in [0.25, 0.3) is 0 Å². The van der Waals surface area contributed by atoms with Gasteiger partial charge in [0.05, 0.1) is 5.75 Å². The van der Waals surface area contributed by atoms with E-state index in [4.69, 9.17) is 0 Å². The molecule has 0 bridgehead atoms. The SMILES string of the molecule is C=C(C)CS(=O)(=O)CC. The highest BCUT2D eigenvalue weighted by molar-refractivity contribution is 7.91. The Kier molecular flexibility index (Phi) is 2.91. The van der Waals surface area contributed by atoms with E-state index in [1.807, 2.05) is 0 Å². The predicted octanol–water partition coefficient (Wildman–Crippen LogP) is 0.997. The Balaban J connectivity index is 4.06. The van der Waals surface area contributed by atoms with E-state index in [2.05, 4.69) is 6.58 Å². The predicted molar refractivity (Wildman–Crippen MR) is 39.1 cm³/mol. The number of hydrogen-bond donors (Lipinski definition) is 0. The van der Waals surface area contributed by atoms with Crippen molar-refractivity contribution in [3.63, 3.8) is 0 Å². The fourth-order valence-electron chi connectivity index (χ4n) is 0.477. The van der Waals surface area contributed by atoms with Gasteiger partial charge in [-0.05, 0) is 6.92 Å². The summed E-state index contributed by atoms with van der Waals surface area (Å²) < 4.78 is 21.5. The minimum absolute atomic E-state index is 0.128. The van der Waals surface area contributed by atoms with Gasteiger partial charge in [0.2, 0.25) is 0 Å². The molecule has 0 aromatic carbocycles. The van der Waals surface area contributed by atoms with Crippen molar-refractivity contribution in [3.05, 3.63) is 12.2 Å². The van der Waals surface area contributed by atoms with E-state index < -0.39 is 9.84 Å². The third-order valence-electron chi connectivity index (χ3n) is 0.906. The maximum absolute atomic E-state index is 10.7. The first kappa shape index (κ1) is 8.69. The van der Waals surface area contributed by atoms with Gasteiger partial charge in [0.1, 0.15) is 0 Å². The van der Waals surface area contributed by atoms with Crippen LogP contribution in [0.1, 0.15) is 13.8 Å². The van der Waals surface area contributed by atoms with Crippen LogP contribution in [0.25, 0.3) is 0 Å². The molecule has 54 valence electrons. The summed E-state index contributed by atoms with van der Waals surface area (Å²) in [5, 5.41) is 0. The van der Waals surface area contributed by atoms with E-state index in [0.717, 1.165) is 0 Å². The van der Waals surface area contributed by atoms with Gasteiger partial charge in [-0.15, -0.1) is 0 Å². The molecule has 0 amide bonds. The molecule has 0 saturated carbocycles. The Labute approximate surface area is 56.5 Å². The summed E-state index contributed by atoms with van der Waals surface area (Å²) in [5.41, 5.74) is 0.705. The van der Waals surface area contributed by atoms with Gasteiger partial charge in [-0.25, -0.2) is 8.42 Å². The Morgan fingerprint density at radius 3 is 2.11 bits per heavy atom. The van der Waals surface area contributed by atoms with E-state index in [1.54, 1.807) is 13.8 Å². The molecule has 2 nitrogen and oxygen atoms in total. The summed E-state index contributed by atoms with van der Waals surface area (Å²) in [5.74, 6) is 0.337. The van der Waals surface area contributed by atoms with Crippen LogP contribution in [0.4, 0.5) is 0 Å². The molecule has 0 heterocycles. The van der Waals surface area contributed by atoms with Crippen molar-refractivity contribution in [2.24, 2.45) is 0 Å². The van der Waals surface area contributed by atoms with Crippen molar-refractivity contribution >= 4 is 9.84 Å². The molecule has 0 unspecified atom stereocenters. The molecule has 3 heteroatoms. The van der Waals surface area contributed by atoms with Crippen LogP contribution in [0.3, 0.4) is 0 Å². The molecule has 0 saturated heterocycles. The summed E-state index contributed by atoms with van der Waals surface area (Å²) in [4.78, 5) is 0. The Morgan fingerprint density at radius 2 is 2.00 bits per heavy atom. The minimum Gasteiger partial charge on any atom is -0.229 e. The fourth-order valence-corrected chi connectivity index (χ4v) is 1.43. The summed E-state index contributed by atoms with van der Waals surface area (Å²) in [6, 6.07) is 0. The van der Waals surface area contributed by atoms with Crippen LogP contribution in [0.15, 0.2) is 12.2 Å². The van der Waals surface area contributed by atoms with Gasteiger partial charge in [0, 0.05) is 5.75 Å². The van der Waals surface area contributed by atoms with Crippen molar-refractivity contribution in [1.82, 2.24) is 0 Å². The van der Waals surface area contributed by atoms with Crippen LogP contribution >= 0.6 is 0 Å². The van der Waals surface area contributed by atoms with E-state index in [9.17, 15) is 8.42 Å². The lowest BCUT2D eigenvalue weighted by atomic mass is 10.4. The average Bonchev–Trinajstić information content (AvgIpc) is 1.63. The first-order valence-electron chi connectivity index (χ1n) is 2.82. The Morgan fingerprint density at radius 1 is 1.56 bits per heavy atom. The van der Waals surface area contributed by atoms with Crippen molar-refractivity contribution < 1.29 is 8.42 Å². The summed E-state index contributed by atoms with van der Waals surface area (Å²) in [6.45, 7) is 6.86. The van der Waals surface area contributed by atoms with E-state index in [-0.39, 0.29) is 11.5 Å². The van der Waals surface area contributed by atoms with Gasteiger partial charge in [-0.2, -0.15) is 0 Å². The van der Waals surface area contributed by atoms with Crippen LogP contribution in [0.2, 0.25) is 0 Å². The molecule has 0 aliphatic rings. The molecule has 0 aliphatic carbocycles. The van der Waals surface area contributed by atoms with Gasteiger partial charge in [-0.1, -0.05) is 19.1 Å². The maximum Gasteiger partial charge on any atom is 0.153 e. The van der Waals surface area contributed by atoms with Crippen LogP contribution in [-0.4, -0.2) is 19.9 Å². The molecule has 0 aromatic rings. The highest BCUT2D eigenvalue weighted by atomic mass is 32.2. The van der Waals surface area contributed by atoms with Crippen molar-refractivity contribution in [2.75, 3.05) is 11.5 Å². The normalized spacial score (nSPS) is 11.3. The fraction of sp³-hybridized carbons (Fsp3) is 0.667. The highest BCUT2D eigenvalue weighted by Crippen LogP contribution is 1.96. The summed E-state index contributed by atoms with van der Waals surface area (Å²) in [6.07, 6.45) is 0. The first-order valence-corrected chi connectivity index (χ1v) is 4.65. The van der Waals surface area contributed by atoms with Crippen molar-refractivity contribution in [3.8, 4) is 0 Å². The third-order valence-corrected chi connectivity index (χ3v) is 2.72. The first-order chi connectivity index (χ1) is 3.98.